The van der Waals surface area contributed by atoms with E-state index in [9.17, 15) is 0 Å². The van der Waals surface area contributed by atoms with Gasteiger partial charge in [0, 0.05) is 35.1 Å². The number of hydrogen-bond acceptors (Lipinski definition) is 6. The summed E-state index contributed by atoms with van der Waals surface area (Å²) >= 11 is 0. The summed E-state index contributed by atoms with van der Waals surface area (Å²) in [6, 6.07) is 19.5. The van der Waals surface area contributed by atoms with E-state index in [4.69, 9.17) is 4.52 Å². The summed E-state index contributed by atoms with van der Waals surface area (Å²) in [6.45, 7) is 0. The van der Waals surface area contributed by atoms with Gasteiger partial charge in [0.2, 0.25) is 5.82 Å². The third kappa shape index (κ3) is 2.80. The number of hydrogen-bond donors (Lipinski definition) is 1. The molecular weight excluding hydrogens is 376 g/mol. The van der Waals surface area contributed by atoms with Gasteiger partial charge in [-0.25, -0.2) is 4.98 Å². The summed E-state index contributed by atoms with van der Waals surface area (Å²) in [6.07, 6.45) is 5.35. The Hall–Kier alpha value is -4.39. The molecule has 0 amide bonds. The number of nitrogens with one attached hydrogen (secondary N) is 1. The fourth-order valence-electron chi connectivity index (χ4n) is 3.45. The Morgan fingerprint density at radius 3 is 2.70 bits per heavy atom. The van der Waals surface area contributed by atoms with Crippen LogP contribution in [0.3, 0.4) is 0 Å². The van der Waals surface area contributed by atoms with Crippen molar-refractivity contribution in [3.8, 4) is 34.4 Å². The molecule has 0 unspecified atom stereocenters. The molecule has 0 atom stereocenters. The van der Waals surface area contributed by atoms with Crippen molar-refractivity contribution in [2.45, 2.75) is 0 Å². The Kier molecular flexibility index (Phi) is 3.64. The Morgan fingerprint density at radius 1 is 0.800 bits per heavy atom. The number of aromatic nitrogens is 6. The highest BCUT2D eigenvalue weighted by Gasteiger charge is 2.13. The van der Waals surface area contributed by atoms with Gasteiger partial charge in [-0.05, 0) is 47.9 Å². The molecule has 0 saturated heterocycles. The molecule has 6 rings (SSSR count). The van der Waals surface area contributed by atoms with Crippen molar-refractivity contribution in [1.29, 1.82) is 0 Å². The van der Waals surface area contributed by atoms with Crippen molar-refractivity contribution in [1.82, 2.24) is 30.1 Å². The number of aromatic amines is 1. The van der Waals surface area contributed by atoms with Crippen LogP contribution >= 0.6 is 0 Å². The lowest BCUT2D eigenvalue weighted by Gasteiger charge is -1.98. The predicted molar refractivity (Wildman–Crippen MR) is 113 cm³/mol. The summed E-state index contributed by atoms with van der Waals surface area (Å²) in [7, 11) is 0. The summed E-state index contributed by atoms with van der Waals surface area (Å²) in [5.74, 6) is 1.72. The van der Waals surface area contributed by atoms with Gasteiger partial charge in [-0.1, -0.05) is 23.4 Å². The van der Waals surface area contributed by atoms with E-state index in [1.54, 1.807) is 12.4 Å². The summed E-state index contributed by atoms with van der Waals surface area (Å²) in [5.41, 5.74) is 4.24. The van der Waals surface area contributed by atoms with E-state index in [-0.39, 0.29) is 0 Å². The zero-order valence-electron chi connectivity index (χ0n) is 15.6. The Balaban J connectivity index is 1.37. The molecule has 142 valence electrons. The molecule has 30 heavy (non-hydrogen) atoms. The van der Waals surface area contributed by atoms with E-state index < -0.39 is 0 Å². The average molecular weight is 390 g/mol. The highest BCUT2D eigenvalue weighted by Crippen LogP contribution is 2.27. The number of pyridine rings is 2. The average Bonchev–Trinajstić information content (AvgIpc) is 3.46. The maximum Gasteiger partial charge on any atom is 0.258 e. The lowest BCUT2D eigenvalue weighted by molar-refractivity contribution is 0.432. The van der Waals surface area contributed by atoms with Crippen LogP contribution in [0, 0.1) is 0 Å². The number of nitrogens with zero attached hydrogens (tertiary/aromatic N) is 5. The second kappa shape index (κ2) is 6.59. The van der Waals surface area contributed by atoms with Crippen LogP contribution in [0.2, 0.25) is 0 Å². The largest absolute Gasteiger partial charge is 0.337 e. The first-order valence-corrected chi connectivity index (χ1v) is 9.43. The van der Waals surface area contributed by atoms with Gasteiger partial charge in [-0.2, -0.15) is 4.98 Å². The topological polar surface area (TPSA) is 93.4 Å². The van der Waals surface area contributed by atoms with Gasteiger partial charge in [0.1, 0.15) is 5.69 Å². The monoisotopic (exact) mass is 390 g/mol. The van der Waals surface area contributed by atoms with Crippen LogP contribution in [0.5, 0.6) is 0 Å². The van der Waals surface area contributed by atoms with Crippen LogP contribution in [0.4, 0.5) is 0 Å². The van der Waals surface area contributed by atoms with Crippen LogP contribution in [0.25, 0.3) is 56.2 Å². The van der Waals surface area contributed by atoms with Crippen LogP contribution in [-0.4, -0.2) is 30.1 Å². The van der Waals surface area contributed by atoms with Crippen LogP contribution in [0.15, 0.2) is 83.8 Å². The third-order valence-corrected chi connectivity index (χ3v) is 4.96. The van der Waals surface area contributed by atoms with Gasteiger partial charge >= 0.3 is 0 Å². The molecule has 0 aliphatic carbocycles. The highest BCUT2D eigenvalue weighted by atomic mass is 16.5. The van der Waals surface area contributed by atoms with Crippen molar-refractivity contribution in [3.05, 3.63) is 79.3 Å². The minimum atomic E-state index is 0.454. The second-order valence-corrected chi connectivity index (χ2v) is 6.89. The number of benzene rings is 2. The van der Waals surface area contributed by atoms with Gasteiger partial charge in [-0.3, -0.25) is 9.97 Å². The molecule has 4 heterocycles. The molecule has 0 aliphatic rings. The maximum atomic E-state index is 5.54. The normalized spacial score (nSPS) is 11.3. The first-order chi connectivity index (χ1) is 14.8. The van der Waals surface area contributed by atoms with Crippen molar-refractivity contribution >= 4 is 21.8 Å². The van der Waals surface area contributed by atoms with Crippen molar-refractivity contribution in [2.75, 3.05) is 0 Å². The lowest BCUT2D eigenvalue weighted by atomic mass is 10.1. The summed E-state index contributed by atoms with van der Waals surface area (Å²) < 4.78 is 5.54. The lowest BCUT2D eigenvalue weighted by Crippen LogP contribution is -1.83. The standard InChI is InChI=1S/C23H14N6O/c1-2-9-25-19(3-1)22-26-18-7-6-16(12-20(18)27-22)23-28-21(29-30-23)15-4-5-17-13-24-10-8-14(17)11-15/h1-13H,(H,26,27). The smallest absolute Gasteiger partial charge is 0.258 e. The van der Waals surface area contributed by atoms with Gasteiger partial charge in [0.25, 0.3) is 5.89 Å². The van der Waals surface area contributed by atoms with Crippen molar-refractivity contribution < 1.29 is 4.52 Å². The first kappa shape index (κ1) is 16.6. The molecule has 0 aliphatic heterocycles. The number of fused-ring (bicyclic) bond motifs is 2. The number of rotatable bonds is 3. The molecule has 7 heteroatoms. The SMILES string of the molecule is c1ccc(-c2nc3ccc(-c4nc(-c5ccc6cnccc6c5)no4)cc3[nH]2)nc1. The number of H-pyrrole nitrogens is 1. The first-order valence-electron chi connectivity index (χ1n) is 9.43. The van der Waals surface area contributed by atoms with Crippen molar-refractivity contribution in [3.63, 3.8) is 0 Å². The molecule has 0 fully saturated rings. The van der Waals surface area contributed by atoms with E-state index in [0.29, 0.717) is 11.7 Å². The molecule has 6 aromatic rings. The van der Waals surface area contributed by atoms with E-state index in [1.165, 1.54) is 0 Å². The maximum absolute atomic E-state index is 5.54. The molecule has 0 saturated carbocycles. The van der Waals surface area contributed by atoms with E-state index in [2.05, 4.69) is 30.1 Å². The zero-order valence-corrected chi connectivity index (χ0v) is 15.6. The Morgan fingerprint density at radius 2 is 1.77 bits per heavy atom. The quantitative estimate of drug-likeness (QED) is 0.462. The molecule has 4 aromatic heterocycles. The number of imidazole rings is 1. The van der Waals surface area contributed by atoms with Crippen molar-refractivity contribution in [2.24, 2.45) is 0 Å². The van der Waals surface area contributed by atoms with Gasteiger partial charge in [-0.15, -0.1) is 0 Å². The van der Waals surface area contributed by atoms with Gasteiger partial charge < -0.3 is 9.51 Å². The summed E-state index contributed by atoms with van der Waals surface area (Å²) in [4.78, 5) is 21.0. The highest BCUT2D eigenvalue weighted by molar-refractivity contribution is 5.86. The van der Waals surface area contributed by atoms with Gasteiger partial charge in [0.05, 0.1) is 11.0 Å². The molecule has 0 radical (unpaired) electrons. The minimum absolute atomic E-state index is 0.454. The fourth-order valence-corrected chi connectivity index (χ4v) is 3.45. The molecule has 1 N–H and O–H groups in total. The molecular formula is C23H14N6O. The second-order valence-electron chi connectivity index (χ2n) is 6.89. The molecule has 2 aromatic carbocycles. The van der Waals surface area contributed by atoms with Crippen LogP contribution in [-0.2, 0) is 0 Å². The van der Waals surface area contributed by atoms with E-state index in [1.807, 2.05) is 66.9 Å². The molecule has 0 spiro atoms. The molecule has 0 bridgehead atoms. The Bertz CT molecular complexity index is 1500. The van der Waals surface area contributed by atoms with Gasteiger partial charge in [0.15, 0.2) is 5.82 Å². The van der Waals surface area contributed by atoms with Crippen LogP contribution < -0.4 is 0 Å². The summed E-state index contributed by atoms with van der Waals surface area (Å²) in [5, 5.41) is 6.31. The van der Waals surface area contributed by atoms with E-state index in [0.717, 1.165) is 44.5 Å². The fraction of sp³-hybridized carbons (Fsp3) is 0. The predicted octanol–water partition coefficient (Wildman–Crippen LogP) is 4.89. The third-order valence-electron chi connectivity index (χ3n) is 4.96. The molecule has 7 nitrogen and oxygen atoms in total. The van der Waals surface area contributed by atoms with Crippen LogP contribution in [0.1, 0.15) is 0 Å². The minimum Gasteiger partial charge on any atom is -0.337 e. The zero-order chi connectivity index (χ0) is 19.9. The van der Waals surface area contributed by atoms with E-state index >= 15 is 0 Å². The Labute approximate surface area is 170 Å².